The van der Waals surface area contributed by atoms with Crippen molar-refractivity contribution in [3.05, 3.63) is 42.6 Å². The third-order valence-electron chi connectivity index (χ3n) is 4.28. The third kappa shape index (κ3) is 2.34. The quantitative estimate of drug-likeness (QED) is 0.724. The summed E-state index contributed by atoms with van der Waals surface area (Å²) in [5.74, 6) is 0.0450. The maximum Gasteiger partial charge on any atom is 0.226 e. The molecule has 1 amide bonds. The Balaban J connectivity index is 1.88. The third-order valence-corrected chi connectivity index (χ3v) is 4.28. The lowest BCUT2D eigenvalue weighted by Crippen LogP contribution is -2.19. The second-order valence-electron chi connectivity index (χ2n) is 6.07. The fourth-order valence-corrected chi connectivity index (χ4v) is 3.16. The van der Waals surface area contributed by atoms with Crippen LogP contribution in [0.1, 0.15) is 13.3 Å². The SMILES string of the molecule is C[C@@H]1CC(=O)Nc2cccc(-c3ccc4c(cnn4C)c3)c2N1. The van der Waals surface area contributed by atoms with E-state index in [1.165, 1.54) is 0 Å². The first-order chi connectivity index (χ1) is 11.1. The van der Waals surface area contributed by atoms with Crippen LogP contribution in [-0.4, -0.2) is 21.7 Å². The first-order valence-electron chi connectivity index (χ1n) is 7.73. The number of nitrogens with one attached hydrogen (secondary N) is 2. The van der Waals surface area contributed by atoms with Crippen molar-refractivity contribution >= 4 is 28.2 Å². The van der Waals surface area contributed by atoms with Crippen molar-refractivity contribution in [3.63, 3.8) is 0 Å². The number of nitrogens with zero attached hydrogens (tertiary/aromatic N) is 2. The highest BCUT2D eigenvalue weighted by Crippen LogP contribution is 2.37. The van der Waals surface area contributed by atoms with Crippen molar-refractivity contribution in [2.24, 2.45) is 7.05 Å². The van der Waals surface area contributed by atoms with E-state index in [1.807, 2.05) is 37.0 Å². The Bertz CT molecular complexity index is 913. The van der Waals surface area contributed by atoms with E-state index in [2.05, 4.69) is 40.0 Å². The fourth-order valence-electron chi connectivity index (χ4n) is 3.16. The zero-order chi connectivity index (χ0) is 16.0. The molecule has 5 heteroatoms. The molecule has 2 N–H and O–H groups in total. The number of anilines is 2. The van der Waals surface area contributed by atoms with Gasteiger partial charge in [-0.05, 0) is 30.7 Å². The van der Waals surface area contributed by atoms with Gasteiger partial charge in [0.05, 0.1) is 23.1 Å². The van der Waals surface area contributed by atoms with Gasteiger partial charge in [0.1, 0.15) is 0 Å². The van der Waals surface area contributed by atoms with Gasteiger partial charge in [-0.1, -0.05) is 18.2 Å². The number of para-hydroxylation sites is 1. The Kier molecular flexibility index (Phi) is 3.08. The van der Waals surface area contributed by atoms with Crippen LogP contribution in [0.2, 0.25) is 0 Å². The van der Waals surface area contributed by atoms with Gasteiger partial charge in [0.25, 0.3) is 0 Å². The first-order valence-corrected chi connectivity index (χ1v) is 7.73. The first kappa shape index (κ1) is 13.8. The molecule has 1 aliphatic rings. The Morgan fingerprint density at radius 2 is 2.13 bits per heavy atom. The zero-order valence-electron chi connectivity index (χ0n) is 13.1. The van der Waals surface area contributed by atoms with Gasteiger partial charge in [0, 0.05) is 30.5 Å². The number of amides is 1. The Hall–Kier alpha value is -2.82. The lowest BCUT2D eigenvalue weighted by atomic mass is 10.0. The lowest BCUT2D eigenvalue weighted by molar-refractivity contribution is -0.116. The zero-order valence-corrected chi connectivity index (χ0v) is 13.1. The van der Waals surface area contributed by atoms with E-state index in [4.69, 9.17) is 0 Å². The van der Waals surface area contributed by atoms with E-state index < -0.39 is 0 Å². The van der Waals surface area contributed by atoms with E-state index in [0.717, 1.165) is 33.4 Å². The highest BCUT2D eigenvalue weighted by molar-refractivity contribution is 6.01. The Morgan fingerprint density at radius 1 is 1.26 bits per heavy atom. The van der Waals surface area contributed by atoms with E-state index in [9.17, 15) is 4.79 Å². The number of aryl methyl sites for hydroxylation is 1. The van der Waals surface area contributed by atoms with E-state index in [-0.39, 0.29) is 11.9 Å². The van der Waals surface area contributed by atoms with Crippen LogP contribution in [0.25, 0.3) is 22.0 Å². The summed E-state index contributed by atoms with van der Waals surface area (Å²) in [5.41, 5.74) is 5.11. The van der Waals surface area contributed by atoms with E-state index >= 15 is 0 Å². The van der Waals surface area contributed by atoms with Gasteiger partial charge in [0.15, 0.2) is 0 Å². The second kappa shape index (κ2) is 5.12. The molecule has 0 bridgehead atoms. The van der Waals surface area contributed by atoms with E-state index in [0.29, 0.717) is 6.42 Å². The fraction of sp³-hybridized carbons (Fsp3) is 0.222. The molecule has 0 saturated heterocycles. The molecule has 1 aromatic heterocycles. The van der Waals surface area contributed by atoms with Crippen molar-refractivity contribution in [2.45, 2.75) is 19.4 Å². The van der Waals surface area contributed by atoms with Crippen molar-refractivity contribution in [1.29, 1.82) is 0 Å². The summed E-state index contributed by atoms with van der Waals surface area (Å²) >= 11 is 0. The average molecular weight is 306 g/mol. The summed E-state index contributed by atoms with van der Waals surface area (Å²) in [6, 6.07) is 12.4. The maximum atomic E-state index is 11.9. The molecular formula is C18H18N4O. The minimum Gasteiger partial charge on any atom is -0.380 e. The van der Waals surface area contributed by atoms with Gasteiger partial charge >= 0.3 is 0 Å². The summed E-state index contributed by atoms with van der Waals surface area (Å²) in [6.07, 6.45) is 2.34. The Morgan fingerprint density at radius 3 is 3.00 bits per heavy atom. The molecule has 0 saturated carbocycles. The molecule has 5 nitrogen and oxygen atoms in total. The van der Waals surface area contributed by atoms with Crippen LogP contribution in [0.5, 0.6) is 0 Å². The molecule has 23 heavy (non-hydrogen) atoms. The van der Waals surface area contributed by atoms with Crippen LogP contribution in [-0.2, 0) is 11.8 Å². The highest BCUT2D eigenvalue weighted by Gasteiger charge is 2.20. The number of aromatic nitrogens is 2. The molecule has 0 spiro atoms. The topological polar surface area (TPSA) is 59.0 Å². The standard InChI is InChI=1S/C18H18N4O/c1-11-8-17(23)21-15-5-3-4-14(18(15)20-11)12-6-7-16-13(9-12)10-19-22(16)2/h3-7,9-11,20H,8H2,1-2H3,(H,21,23)/t11-/m1/s1. The van der Waals surface area contributed by atoms with Crippen LogP contribution in [0.3, 0.4) is 0 Å². The number of rotatable bonds is 1. The van der Waals surface area contributed by atoms with Crippen molar-refractivity contribution in [3.8, 4) is 11.1 Å². The summed E-state index contributed by atoms with van der Waals surface area (Å²) < 4.78 is 1.87. The minimum atomic E-state index is 0.0450. The molecule has 4 rings (SSSR count). The van der Waals surface area contributed by atoms with Gasteiger partial charge in [-0.15, -0.1) is 0 Å². The molecule has 2 heterocycles. The molecule has 0 unspecified atom stereocenters. The lowest BCUT2D eigenvalue weighted by Gasteiger charge is -2.16. The molecule has 1 aliphatic heterocycles. The van der Waals surface area contributed by atoms with Crippen LogP contribution in [0.4, 0.5) is 11.4 Å². The van der Waals surface area contributed by atoms with E-state index in [1.54, 1.807) is 0 Å². The number of benzene rings is 2. The summed E-state index contributed by atoms with van der Waals surface area (Å²) in [7, 11) is 1.94. The van der Waals surface area contributed by atoms with Crippen molar-refractivity contribution in [2.75, 3.05) is 10.6 Å². The molecule has 0 aliphatic carbocycles. The molecule has 1 atom stereocenters. The molecule has 2 aromatic carbocycles. The second-order valence-corrected chi connectivity index (χ2v) is 6.07. The normalized spacial score (nSPS) is 17.3. The van der Waals surface area contributed by atoms with Gasteiger partial charge in [-0.25, -0.2) is 0 Å². The van der Waals surface area contributed by atoms with Gasteiger partial charge in [-0.3, -0.25) is 9.48 Å². The van der Waals surface area contributed by atoms with Crippen LogP contribution in [0, 0.1) is 0 Å². The molecular weight excluding hydrogens is 288 g/mol. The number of carbonyl (C=O) groups excluding carboxylic acids is 1. The largest absolute Gasteiger partial charge is 0.380 e. The van der Waals surface area contributed by atoms with Crippen LogP contribution < -0.4 is 10.6 Å². The number of fused-ring (bicyclic) bond motifs is 2. The predicted molar refractivity (Wildman–Crippen MR) is 92.5 cm³/mol. The number of carbonyl (C=O) groups is 1. The smallest absolute Gasteiger partial charge is 0.226 e. The number of hydrogen-bond donors (Lipinski definition) is 2. The average Bonchev–Trinajstić information content (AvgIpc) is 2.81. The molecule has 0 radical (unpaired) electrons. The number of hydrogen-bond acceptors (Lipinski definition) is 3. The van der Waals surface area contributed by atoms with Gasteiger partial charge < -0.3 is 10.6 Å². The highest BCUT2D eigenvalue weighted by atomic mass is 16.1. The van der Waals surface area contributed by atoms with Crippen LogP contribution in [0.15, 0.2) is 42.6 Å². The summed E-state index contributed by atoms with van der Waals surface area (Å²) in [4.78, 5) is 11.9. The predicted octanol–water partition coefficient (Wildman–Crippen LogP) is 3.38. The minimum absolute atomic E-state index is 0.0450. The molecule has 0 fully saturated rings. The monoisotopic (exact) mass is 306 g/mol. The Labute approximate surface area is 134 Å². The molecule has 3 aromatic rings. The summed E-state index contributed by atoms with van der Waals surface area (Å²) in [6.45, 7) is 2.02. The molecule has 116 valence electrons. The van der Waals surface area contributed by atoms with Crippen molar-refractivity contribution < 1.29 is 4.79 Å². The van der Waals surface area contributed by atoms with Gasteiger partial charge in [0.2, 0.25) is 5.91 Å². The maximum absolute atomic E-state index is 11.9. The van der Waals surface area contributed by atoms with Crippen molar-refractivity contribution in [1.82, 2.24) is 9.78 Å². The van der Waals surface area contributed by atoms with Crippen LogP contribution >= 0.6 is 0 Å². The van der Waals surface area contributed by atoms with Gasteiger partial charge in [-0.2, -0.15) is 5.10 Å². The summed E-state index contributed by atoms with van der Waals surface area (Å²) in [5, 5.41) is 11.9.